The number of nitrogens with zero attached hydrogens (tertiary/aromatic N) is 1. The van der Waals surface area contributed by atoms with E-state index in [1.807, 2.05) is 0 Å². The summed E-state index contributed by atoms with van der Waals surface area (Å²) < 4.78 is 0. The van der Waals surface area contributed by atoms with Gasteiger partial charge in [-0.05, 0) is 30.7 Å². The summed E-state index contributed by atoms with van der Waals surface area (Å²) in [6.07, 6.45) is 2.84. The minimum Gasteiger partial charge on any atom is -0.481 e. The van der Waals surface area contributed by atoms with E-state index in [0.717, 1.165) is 24.8 Å². The van der Waals surface area contributed by atoms with Crippen molar-refractivity contribution in [2.24, 2.45) is 5.41 Å². The van der Waals surface area contributed by atoms with Crippen LogP contribution in [-0.2, 0) is 4.79 Å². The highest BCUT2D eigenvalue weighted by molar-refractivity contribution is 5.69. The molecule has 1 aliphatic rings. The number of anilines is 1. The van der Waals surface area contributed by atoms with Crippen molar-refractivity contribution in [2.45, 2.75) is 32.6 Å². The first-order valence-corrected chi connectivity index (χ1v) is 6.63. The molecule has 0 unspecified atom stereocenters. The van der Waals surface area contributed by atoms with Crippen LogP contribution in [-0.4, -0.2) is 22.5 Å². The average Bonchev–Trinajstić information content (AvgIpc) is 2.32. The van der Waals surface area contributed by atoms with Gasteiger partial charge in [-0.25, -0.2) is 0 Å². The van der Waals surface area contributed by atoms with Gasteiger partial charge in [0.25, 0.3) is 5.69 Å². The van der Waals surface area contributed by atoms with Crippen LogP contribution in [0.3, 0.4) is 0 Å². The summed E-state index contributed by atoms with van der Waals surface area (Å²) in [7, 11) is 0. The minimum absolute atomic E-state index is 0.0369. The number of benzene rings is 1. The van der Waals surface area contributed by atoms with Crippen LogP contribution in [0.4, 0.5) is 11.4 Å². The molecule has 2 N–H and O–H groups in total. The molecular formula is C14H18N2O4. The smallest absolute Gasteiger partial charge is 0.303 e. The van der Waals surface area contributed by atoms with Crippen molar-refractivity contribution in [3.63, 3.8) is 0 Å². The molecule has 1 aromatic rings. The lowest BCUT2D eigenvalue weighted by atomic mass is 9.66. The van der Waals surface area contributed by atoms with Gasteiger partial charge in [0.1, 0.15) is 5.69 Å². The van der Waals surface area contributed by atoms with Gasteiger partial charge in [-0.15, -0.1) is 0 Å². The van der Waals surface area contributed by atoms with E-state index in [0.29, 0.717) is 12.2 Å². The Labute approximate surface area is 117 Å². The largest absolute Gasteiger partial charge is 0.481 e. The molecule has 0 aromatic heterocycles. The minimum atomic E-state index is -0.814. The first kappa shape index (κ1) is 14.3. The fraction of sp³-hybridized carbons (Fsp3) is 0.500. The Bertz CT molecular complexity index is 538. The Hall–Kier alpha value is -2.11. The Morgan fingerprint density at radius 1 is 1.50 bits per heavy atom. The average molecular weight is 278 g/mol. The van der Waals surface area contributed by atoms with Gasteiger partial charge in [-0.1, -0.05) is 18.6 Å². The Balaban J connectivity index is 2.14. The van der Waals surface area contributed by atoms with Crippen molar-refractivity contribution in [3.05, 3.63) is 33.9 Å². The van der Waals surface area contributed by atoms with Crippen molar-refractivity contribution >= 4 is 17.3 Å². The lowest BCUT2D eigenvalue weighted by molar-refractivity contribution is -0.384. The van der Waals surface area contributed by atoms with Gasteiger partial charge in [-0.2, -0.15) is 0 Å². The Morgan fingerprint density at radius 3 is 2.70 bits per heavy atom. The normalized spacial score (nSPS) is 16.2. The summed E-state index contributed by atoms with van der Waals surface area (Å²) in [5.74, 6) is -0.814. The van der Waals surface area contributed by atoms with Crippen molar-refractivity contribution in [1.82, 2.24) is 0 Å². The van der Waals surface area contributed by atoms with Gasteiger partial charge < -0.3 is 10.4 Å². The number of nitro benzene ring substituents is 1. The highest BCUT2D eigenvalue weighted by Crippen LogP contribution is 2.44. The van der Waals surface area contributed by atoms with Crippen LogP contribution >= 0.6 is 0 Å². The molecule has 0 saturated heterocycles. The van der Waals surface area contributed by atoms with E-state index >= 15 is 0 Å². The standard InChI is InChI=1S/C14H18N2O4/c1-10-4-2-5-11(16(19)20)13(10)15-9-14(6-3-7-14)8-12(17)18/h2,4-5,15H,3,6-9H2,1H3,(H,17,18). The Morgan fingerprint density at radius 2 is 2.20 bits per heavy atom. The second-order valence-electron chi connectivity index (χ2n) is 5.50. The number of para-hydroxylation sites is 1. The first-order valence-electron chi connectivity index (χ1n) is 6.63. The second kappa shape index (κ2) is 5.48. The van der Waals surface area contributed by atoms with Crippen molar-refractivity contribution in [1.29, 1.82) is 0 Å². The molecule has 6 nitrogen and oxygen atoms in total. The number of carbonyl (C=O) groups is 1. The monoisotopic (exact) mass is 278 g/mol. The molecule has 108 valence electrons. The van der Waals surface area contributed by atoms with Gasteiger partial charge in [0.15, 0.2) is 0 Å². The van der Waals surface area contributed by atoms with E-state index in [1.54, 1.807) is 19.1 Å². The van der Waals surface area contributed by atoms with Gasteiger partial charge in [0, 0.05) is 12.6 Å². The van der Waals surface area contributed by atoms with Crippen LogP contribution in [0.25, 0.3) is 0 Å². The number of carboxylic acid groups (broad SMARTS) is 1. The number of rotatable bonds is 6. The van der Waals surface area contributed by atoms with E-state index in [1.165, 1.54) is 6.07 Å². The maximum Gasteiger partial charge on any atom is 0.303 e. The van der Waals surface area contributed by atoms with Crippen LogP contribution in [0.15, 0.2) is 18.2 Å². The third-order valence-corrected chi connectivity index (χ3v) is 4.03. The third kappa shape index (κ3) is 2.89. The van der Waals surface area contributed by atoms with Crippen molar-refractivity contribution < 1.29 is 14.8 Å². The highest BCUT2D eigenvalue weighted by Gasteiger charge is 2.39. The van der Waals surface area contributed by atoms with E-state index in [9.17, 15) is 14.9 Å². The highest BCUT2D eigenvalue weighted by atomic mass is 16.6. The van der Waals surface area contributed by atoms with Crippen LogP contribution in [0.5, 0.6) is 0 Å². The van der Waals surface area contributed by atoms with E-state index in [-0.39, 0.29) is 17.5 Å². The molecule has 6 heteroatoms. The predicted molar refractivity (Wildman–Crippen MR) is 74.9 cm³/mol. The van der Waals surface area contributed by atoms with Crippen LogP contribution in [0.2, 0.25) is 0 Å². The van der Waals surface area contributed by atoms with E-state index in [2.05, 4.69) is 5.32 Å². The maximum absolute atomic E-state index is 11.0. The molecule has 0 atom stereocenters. The molecule has 1 aromatic carbocycles. The summed E-state index contributed by atoms with van der Waals surface area (Å²) in [5, 5.41) is 23.1. The van der Waals surface area contributed by atoms with Gasteiger partial charge in [-0.3, -0.25) is 14.9 Å². The number of hydrogen-bond donors (Lipinski definition) is 2. The molecular weight excluding hydrogens is 260 g/mol. The molecule has 0 spiro atoms. The third-order valence-electron chi connectivity index (χ3n) is 4.03. The molecule has 1 aliphatic carbocycles. The summed E-state index contributed by atoms with van der Waals surface area (Å²) in [6, 6.07) is 4.91. The first-order chi connectivity index (χ1) is 9.43. The summed E-state index contributed by atoms with van der Waals surface area (Å²) in [4.78, 5) is 21.5. The number of hydrogen-bond acceptors (Lipinski definition) is 4. The number of aliphatic carboxylic acids is 1. The summed E-state index contributed by atoms with van der Waals surface area (Å²) >= 11 is 0. The molecule has 0 amide bonds. The van der Waals surface area contributed by atoms with Crippen LogP contribution < -0.4 is 5.32 Å². The summed E-state index contributed by atoms with van der Waals surface area (Å²) in [5.41, 5.74) is 1.06. The number of aryl methyl sites for hydroxylation is 1. The molecule has 0 radical (unpaired) electrons. The molecule has 0 heterocycles. The zero-order valence-electron chi connectivity index (χ0n) is 11.4. The van der Waals surface area contributed by atoms with E-state index < -0.39 is 10.9 Å². The fourth-order valence-corrected chi connectivity index (χ4v) is 2.72. The van der Waals surface area contributed by atoms with Crippen molar-refractivity contribution in [3.8, 4) is 0 Å². The van der Waals surface area contributed by atoms with E-state index in [4.69, 9.17) is 5.11 Å². The number of carboxylic acids is 1. The topological polar surface area (TPSA) is 92.5 Å². The SMILES string of the molecule is Cc1cccc([N+](=O)[O-])c1NCC1(CC(=O)O)CCC1. The quantitative estimate of drug-likeness (QED) is 0.616. The molecule has 20 heavy (non-hydrogen) atoms. The van der Waals surface area contributed by atoms with Crippen LogP contribution in [0, 0.1) is 22.5 Å². The Kier molecular flexibility index (Phi) is 3.92. The zero-order chi connectivity index (χ0) is 14.8. The number of nitrogens with one attached hydrogen (secondary N) is 1. The number of nitro groups is 1. The molecule has 0 aliphatic heterocycles. The van der Waals surface area contributed by atoms with Crippen molar-refractivity contribution in [2.75, 3.05) is 11.9 Å². The molecule has 2 rings (SSSR count). The maximum atomic E-state index is 11.0. The second-order valence-corrected chi connectivity index (χ2v) is 5.50. The molecule has 0 bridgehead atoms. The van der Waals surface area contributed by atoms with Gasteiger partial charge in [0.2, 0.25) is 0 Å². The summed E-state index contributed by atoms with van der Waals surface area (Å²) in [6.45, 7) is 2.27. The van der Waals surface area contributed by atoms with Crippen LogP contribution in [0.1, 0.15) is 31.2 Å². The fourth-order valence-electron chi connectivity index (χ4n) is 2.72. The molecule has 1 fully saturated rings. The van der Waals surface area contributed by atoms with Gasteiger partial charge in [0.05, 0.1) is 11.3 Å². The lowest BCUT2D eigenvalue weighted by Crippen LogP contribution is -2.38. The van der Waals surface area contributed by atoms with Gasteiger partial charge >= 0.3 is 5.97 Å². The lowest BCUT2D eigenvalue weighted by Gasteiger charge is -2.41. The predicted octanol–water partition coefficient (Wildman–Crippen LogP) is 2.96. The zero-order valence-corrected chi connectivity index (χ0v) is 11.4. The molecule has 1 saturated carbocycles.